The maximum Gasteiger partial charge on any atom is 0.303 e. The Morgan fingerprint density at radius 1 is 1.24 bits per heavy atom. The molecule has 2 aliphatic heterocycles. The fourth-order valence-corrected chi connectivity index (χ4v) is 4.51. The number of rotatable bonds is 11. The van der Waals surface area contributed by atoms with E-state index in [9.17, 15) is 9.90 Å². The van der Waals surface area contributed by atoms with Crippen LogP contribution in [-0.2, 0) is 9.53 Å². The lowest BCUT2D eigenvalue weighted by atomic mass is 9.77. The third kappa shape index (κ3) is 6.83. The van der Waals surface area contributed by atoms with Gasteiger partial charge in [0.1, 0.15) is 18.5 Å². The van der Waals surface area contributed by atoms with Crippen LogP contribution in [0.5, 0.6) is 5.75 Å². The van der Waals surface area contributed by atoms with E-state index in [4.69, 9.17) is 14.6 Å². The van der Waals surface area contributed by atoms with E-state index in [1.54, 1.807) is 0 Å². The lowest BCUT2D eigenvalue weighted by Crippen LogP contribution is -2.26. The molecule has 0 unspecified atom stereocenters. The van der Waals surface area contributed by atoms with Crippen molar-refractivity contribution in [3.63, 3.8) is 0 Å². The number of hydrogen-bond donors (Lipinski definition) is 2. The first-order valence-electron chi connectivity index (χ1n) is 10.3. The second-order valence-corrected chi connectivity index (χ2v) is 8.99. The van der Waals surface area contributed by atoms with Crippen molar-refractivity contribution in [2.75, 3.05) is 6.61 Å². The van der Waals surface area contributed by atoms with Crippen LogP contribution < -0.4 is 4.74 Å². The normalized spacial score (nSPS) is 27.1. The van der Waals surface area contributed by atoms with Gasteiger partial charge in [-0.15, -0.1) is 0 Å². The van der Waals surface area contributed by atoms with Crippen LogP contribution in [0, 0.1) is 15.4 Å². The first kappa shape index (κ1) is 22.3. The molecule has 0 radical (unpaired) electrons. The van der Waals surface area contributed by atoms with Crippen molar-refractivity contribution in [3.8, 4) is 5.75 Å². The van der Waals surface area contributed by atoms with Crippen LogP contribution in [0.2, 0.25) is 0 Å². The maximum atomic E-state index is 10.6. The number of halogens is 1. The predicted molar refractivity (Wildman–Crippen MR) is 120 cm³/mol. The molecule has 2 aliphatic rings. The summed E-state index contributed by atoms with van der Waals surface area (Å²) in [7, 11) is 0. The molecule has 2 fully saturated rings. The number of hydrogen-bond acceptors (Lipinski definition) is 4. The fraction of sp³-hybridized carbons (Fsp3) is 0.522. The Balaban J connectivity index is 1.46. The number of carboxylic acids is 1. The largest absolute Gasteiger partial charge is 0.491 e. The molecule has 0 saturated carbocycles. The van der Waals surface area contributed by atoms with E-state index in [0.717, 1.165) is 35.0 Å². The standard InChI is InChI=1S/C23H29IO5/c24-16-7-10-18(11-8-16)28-15-17(25)9-12-20-19(21-13-14-22(20)29-21)5-3-1-2-4-6-23(26)27/h1,3,7-12,17,19-22,25H,2,4-6,13-15H2,(H,26,27)/t17-,19-,20-,21+,22-/m1/s1. The van der Waals surface area contributed by atoms with Gasteiger partial charge in [-0.1, -0.05) is 24.3 Å². The van der Waals surface area contributed by atoms with Crippen LogP contribution in [0.1, 0.15) is 38.5 Å². The zero-order chi connectivity index (χ0) is 20.6. The molecule has 0 aromatic heterocycles. The highest BCUT2D eigenvalue weighted by Gasteiger charge is 2.46. The molecule has 1 aromatic carbocycles. The number of carbonyl (C=O) groups is 1. The van der Waals surface area contributed by atoms with Crippen LogP contribution in [-0.4, -0.2) is 41.1 Å². The van der Waals surface area contributed by atoms with Gasteiger partial charge in [0, 0.05) is 15.9 Å². The lowest BCUT2D eigenvalue weighted by Gasteiger charge is -2.25. The highest BCUT2D eigenvalue weighted by Crippen LogP contribution is 2.45. The number of aliphatic carboxylic acids is 1. The van der Waals surface area contributed by atoms with Gasteiger partial charge < -0.3 is 19.7 Å². The zero-order valence-corrected chi connectivity index (χ0v) is 18.6. The molecule has 29 heavy (non-hydrogen) atoms. The molecule has 0 spiro atoms. The molecule has 2 saturated heterocycles. The molecule has 158 valence electrons. The van der Waals surface area contributed by atoms with Crippen molar-refractivity contribution in [2.24, 2.45) is 11.8 Å². The Hall–Kier alpha value is -1.38. The van der Waals surface area contributed by atoms with Crippen molar-refractivity contribution < 1.29 is 24.5 Å². The number of ether oxygens (including phenoxy) is 2. The smallest absolute Gasteiger partial charge is 0.303 e. The minimum Gasteiger partial charge on any atom is -0.491 e. The number of unbranched alkanes of at least 4 members (excludes halogenated alkanes) is 1. The first-order chi connectivity index (χ1) is 14.0. The van der Waals surface area contributed by atoms with E-state index in [-0.39, 0.29) is 19.1 Å². The summed E-state index contributed by atoms with van der Waals surface area (Å²) in [6, 6.07) is 7.76. The highest BCUT2D eigenvalue weighted by molar-refractivity contribution is 14.1. The first-order valence-corrected chi connectivity index (χ1v) is 11.4. The number of benzene rings is 1. The molecule has 2 heterocycles. The molecule has 3 rings (SSSR count). The summed E-state index contributed by atoms with van der Waals surface area (Å²) in [5.41, 5.74) is 0. The van der Waals surface area contributed by atoms with Gasteiger partial charge in [0.25, 0.3) is 0 Å². The van der Waals surface area contributed by atoms with Crippen molar-refractivity contribution in [1.29, 1.82) is 0 Å². The van der Waals surface area contributed by atoms with Gasteiger partial charge in [0.05, 0.1) is 12.2 Å². The van der Waals surface area contributed by atoms with Crippen LogP contribution in [0.15, 0.2) is 48.6 Å². The van der Waals surface area contributed by atoms with E-state index in [1.165, 1.54) is 0 Å². The average molecular weight is 512 g/mol. The van der Waals surface area contributed by atoms with Crippen LogP contribution >= 0.6 is 22.6 Å². The van der Waals surface area contributed by atoms with Gasteiger partial charge in [-0.25, -0.2) is 0 Å². The fourth-order valence-electron chi connectivity index (χ4n) is 4.15. The summed E-state index contributed by atoms with van der Waals surface area (Å²) in [6.45, 7) is 0.229. The minimum absolute atomic E-state index is 0.217. The number of fused-ring (bicyclic) bond motifs is 2. The summed E-state index contributed by atoms with van der Waals surface area (Å²) in [5.74, 6) is 0.747. The number of aliphatic hydroxyl groups excluding tert-OH is 1. The van der Waals surface area contributed by atoms with E-state index >= 15 is 0 Å². The Kier molecular flexibility index (Phi) is 8.56. The summed E-state index contributed by atoms with van der Waals surface area (Å²) < 4.78 is 12.9. The Morgan fingerprint density at radius 3 is 2.76 bits per heavy atom. The van der Waals surface area contributed by atoms with Gasteiger partial charge >= 0.3 is 5.97 Å². The number of aliphatic hydroxyl groups is 1. The SMILES string of the molecule is O=C(O)CCCC=CC[C@@H]1[C@@H](C=C[C@@H](O)COc2ccc(I)cc2)[C@H]2CC[C@@H]1O2. The van der Waals surface area contributed by atoms with Crippen molar-refractivity contribution in [3.05, 3.63) is 52.1 Å². The van der Waals surface area contributed by atoms with Crippen LogP contribution in [0.4, 0.5) is 0 Å². The van der Waals surface area contributed by atoms with Gasteiger partial charge in [-0.3, -0.25) is 4.79 Å². The Bertz CT molecular complexity index is 714. The van der Waals surface area contributed by atoms with Crippen molar-refractivity contribution in [1.82, 2.24) is 0 Å². The van der Waals surface area contributed by atoms with E-state index in [1.807, 2.05) is 30.3 Å². The van der Waals surface area contributed by atoms with Gasteiger partial charge in [-0.05, 0) is 84.9 Å². The zero-order valence-electron chi connectivity index (χ0n) is 16.5. The Labute approximate surface area is 185 Å². The van der Waals surface area contributed by atoms with E-state index in [0.29, 0.717) is 24.4 Å². The third-order valence-corrected chi connectivity index (χ3v) is 6.33. The molecule has 1 aromatic rings. The predicted octanol–water partition coefficient (Wildman–Crippen LogP) is 4.58. The molecule has 2 bridgehead atoms. The molecule has 5 atom stereocenters. The molecular formula is C23H29IO5. The third-order valence-electron chi connectivity index (χ3n) is 5.61. The molecule has 0 aliphatic carbocycles. The summed E-state index contributed by atoms with van der Waals surface area (Å²) in [6.07, 6.45) is 12.9. The Morgan fingerprint density at radius 2 is 2.00 bits per heavy atom. The van der Waals surface area contributed by atoms with E-state index < -0.39 is 12.1 Å². The second-order valence-electron chi connectivity index (χ2n) is 7.74. The van der Waals surface area contributed by atoms with Crippen LogP contribution in [0.25, 0.3) is 0 Å². The molecular weight excluding hydrogens is 483 g/mol. The molecule has 2 N–H and O–H groups in total. The summed E-state index contributed by atoms with van der Waals surface area (Å²) >= 11 is 2.25. The average Bonchev–Trinajstić information content (AvgIpc) is 3.30. The van der Waals surface area contributed by atoms with Gasteiger partial charge in [-0.2, -0.15) is 0 Å². The molecule has 5 nitrogen and oxygen atoms in total. The topological polar surface area (TPSA) is 76.0 Å². The number of allylic oxidation sites excluding steroid dienone is 2. The van der Waals surface area contributed by atoms with Crippen molar-refractivity contribution in [2.45, 2.75) is 56.8 Å². The van der Waals surface area contributed by atoms with Crippen LogP contribution in [0.3, 0.4) is 0 Å². The number of carboxylic acid groups (broad SMARTS) is 1. The maximum absolute atomic E-state index is 10.6. The van der Waals surface area contributed by atoms with Gasteiger partial charge in [0.2, 0.25) is 0 Å². The highest BCUT2D eigenvalue weighted by atomic mass is 127. The lowest BCUT2D eigenvalue weighted by molar-refractivity contribution is -0.137. The molecule has 6 heteroatoms. The molecule has 0 amide bonds. The quantitative estimate of drug-likeness (QED) is 0.258. The minimum atomic E-state index is -0.741. The summed E-state index contributed by atoms with van der Waals surface area (Å²) in [4.78, 5) is 10.6. The monoisotopic (exact) mass is 512 g/mol. The summed E-state index contributed by atoms with van der Waals surface area (Å²) in [5, 5.41) is 19.0. The van der Waals surface area contributed by atoms with Crippen molar-refractivity contribution >= 4 is 28.6 Å². The van der Waals surface area contributed by atoms with E-state index in [2.05, 4.69) is 40.8 Å². The second kappa shape index (κ2) is 11.1. The van der Waals surface area contributed by atoms with Gasteiger partial charge in [0.15, 0.2) is 0 Å².